The van der Waals surface area contributed by atoms with Crippen molar-refractivity contribution in [1.29, 1.82) is 0 Å². The van der Waals surface area contributed by atoms with Crippen LogP contribution >= 0.6 is 0 Å². The molecule has 23 heavy (non-hydrogen) atoms. The Morgan fingerprint density at radius 2 is 0.957 bits per heavy atom. The van der Waals surface area contributed by atoms with Crippen LogP contribution in [0, 0.1) is 0 Å². The molecular weight excluding hydrogens is 292 g/mol. The average Bonchev–Trinajstić information content (AvgIpc) is 2.51. The monoisotopic (exact) mass is 330 g/mol. The molecule has 0 aromatic carbocycles. The van der Waals surface area contributed by atoms with Gasteiger partial charge in [0.2, 0.25) is 0 Å². The van der Waals surface area contributed by atoms with Crippen molar-refractivity contribution < 1.29 is 20.1 Å². The molecule has 0 rings (SSSR count). The van der Waals surface area contributed by atoms with Crippen molar-refractivity contribution in [2.24, 2.45) is 0 Å². The lowest BCUT2D eigenvalue weighted by molar-refractivity contribution is -0.205. The third-order valence-electron chi connectivity index (χ3n) is 4.47. The van der Waals surface area contributed by atoms with Crippen molar-refractivity contribution in [3.8, 4) is 0 Å². The summed E-state index contributed by atoms with van der Waals surface area (Å²) in [7, 11) is 0. The van der Waals surface area contributed by atoms with Gasteiger partial charge in [-0.3, -0.25) is 0 Å². The highest BCUT2D eigenvalue weighted by atomic mass is 16.5. The molecule has 0 saturated heterocycles. The molecule has 3 N–H and O–H groups in total. The van der Waals surface area contributed by atoms with Gasteiger partial charge >= 0.3 is 5.97 Å². The van der Waals surface area contributed by atoms with Crippen molar-refractivity contribution in [3.05, 3.63) is 0 Å². The lowest BCUT2D eigenvalue weighted by atomic mass is 10.0. The molecule has 0 aliphatic rings. The molecule has 0 fully saturated rings. The Hall–Kier alpha value is -0.610. The highest BCUT2D eigenvalue weighted by Gasteiger charge is 2.31. The van der Waals surface area contributed by atoms with Gasteiger partial charge in [-0.05, 0) is 6.42 Å². The fourth-order valence-corrected chi connectivity index (χ4v) is 2.85. The van der Waals surface area contributed by atoms with Crippen molar-refractivity contribution in [2.45, 2.75) is 115 Å². The van der Waals surface area contributed by atoms with E-state index in [1.54, 1.807) is 0 Å². The topological polar surface area (TPSA) is 77.8 Å². The molecule has 0 unspecified atom stereocenters. The van der Waals surface area contributed by atoms with Gasteiger partial charge in [-0.25, -0.2) is 4.79 Å². The maximum absolute atomic E-state index is 10.5. The third-order valence-corrected chi connectivity index (χ3v) is 4.47. The van der Waals surface area contributed by atoms with Gasteiger partial charge in [0.1, 0.15) is 0 Å². The number of carbonyl (C=O) groups is 1. The van der Waals surface area contributed by atoms with Crippen LogP contribution in [0.25, 0.3) is 0 Å². The number of aliphatic hydroxyl groups is 2. The van der Waals surface area contributed by atoms with Gasteiger partial charge in [0.05, 0.1) is 0 Å². The molecule has 0 amide bonds. The normalized spacial score (nSPS) is 11.8. The molecule has 0 aromatic heterocycles. The van der Waals surface area contributed by atoms with Crippen LogP contribution in [-0.2, 0) is 4.79 Å². The first-order chi connectivity index (χ1) is 11.0. The molecule has 0 aliphatic carbocycles. The van der Waals surface area contributed by atoms with Crippen molar-refractivity contribution in [2.75, 3.05) is 0 Å². The summed E-state index contributed by atoms with van der Waals surface area (Å²) in [4.78, 5) is 10.5. The molecule has 0 heterocycles. The van der Waals surface area contributed by atoms with Gasteiger partial charge < -0.3 is 15.3 Å². The zero-order valence-corrected chi connectivity index (χ0v) is 15.1. The predicted molar refractivity (Wildman–Crippen MR) is 94.4 cm³/mol. The number of aliphatic carboxylic acids is 1. The maximum Gasteiger partial charge on any atom is 0.364 e. The van der Waals surface area contributed by atoms with E-state index >= 15 is 0 Å². The molecule has 0 bridgehead atoms. The molecule has 4 nitrogen and oxygen atoms in total. The van der Waals surface area contributed by atoms with Crippen LogP contribution in [0.1, 0.15) is 110 Å². The Labute approximate surface area is 142 Å². The lowest BCUT2D eigenvalue weighted by Crippen LogP contribution is -2.37. The molecule has 4 heteroatoms. The van der Waals surface area contributed by atoms with Crippen LogP contribution < -0.4 is 0 Å². The van der Waals surface area contributed by atoms with E-state index < -0.39 is 11.8 Å². The second kappa shape index (κ2) is 14.9. The van der Waals surface area contributed by atoms with E-state index in [9.17, 15) is 4.79 Å². The molecule has 0 radical (unpaired) electrons. The average molecular weight is 331 g/mol. The van der Waals surface area contributed by atoms with Crippen molar-refractivity contribution in [1.82, 2.24) is 0 Å². The first kappa shape index (κ1) is 22.4. The fraction of sp³-hybridized carbons (Fsp3) is 0.947. The summed E-state index contributed by atoms with van der Waals surface area (Å²) in [5, 5.41) is 26.9. The summed E-state index contributed by atoms with van der Waals surface area (Å²) < 4.78 is 0. The highest BCUT2D eigenvalue weighted by molar-refractivity contribution is 5.74. The SMILES string of the molecule is CCCCCCCCCCCCCCCCCC(O)(O)C(=O)O. The molecule has 0 aliphatic heterocycles. The number of carboxylic acid groups (broad SMARTS) is 1. The Kier molecular flexibility index (Phi) is 14.6. The third kappa shape index (κ3) is 14.7. The van der Waals surface area contributed by atoms with Gasteiger partial charge in [0.25, 0.3) is 5.79 Å². The zero-order chi connectivity index (χ0) is 17.4. The van der Waals surface area contributed by atoms with E-state index in [0.29, 0.717) is 6.42 Å². The predicted octanol–water partition coefficient (Wildman–Crippen LogP) is 5.01. The summed E-state index contributed by atoms with van der Waals surface area (Å²) in [6.07, 6.45) is 18.4. The Morgan fingerprint density at radius 3 is 1.26 bits per heavy atom. The molecule has 0 spiro atoms. The molecular formula is C19H38O4. The Balaban J connectivity index is 3.15. The van der Waals surface area contributed by atoms with Crippen LogP contribution in [-0.4, -0.2) is 27.1 Å². The Morgan fingerprint density at radius 1 is 0.652 bits per heavy atom. The highest BCUT2D eigenvalue weighted by Crippen LogP contribution is 2.16. The molecule has 0 atom stereocenters. The summed E-state index contributed by atoms with van der Waals surface area (Å²) in [5.74, 6) is -4.10. The summed E-state index contributed by atoms with van der Waals surface area (Å²) in [6, 6.07) is 0. The van der Waals surface area contributed by atoms with Crippen LogP contribution in [0.3, 0.4) is 0 Å². The maximum atomic E-state index is 10.5. The molecule has 0 aromatic rings. The second-order valence-corrected chi connectivity index (χ2v) is 6.82. The summed E-state index contributed by atoms with van der Waals surface area (Å²) in [6.45, 7) is 2.25. The van der Waals surface area contributed by atoms with E-state index in [-0.39, 0.29) is 6.42 Å². The zero-order valence-electron chi connectivity index (χ0n) is 15.1. The number of carboxylic acids is 1. The Bertz CT molecular complexity index is 277. The van der Waals surface area contributed by atoms with E-state index in [1.807, 2.05) is 0 Å². The lowest BCUT2D eigenvalue weighted by Gasteiger charge is -2.15. The van der Waals surface area contributed by atoms with Crippen molar-refractivity contribution >= 4 is 5.97 Å². The standard InChI is InChI=1S/C19H38O4/c1-2-3-4-5-6-7-8-9-10-11-12-13-14-15-16-17-19(22,23)18(20)21/h22-23H,2-17H2,1H3,(H,20,21). The summed E-state index contributed by atoms with van der Waals surface area (Å²) >= 11 is 0. The van der Waals surface area contributed by atoms with Crippen molar-refractivity contribution in [3.63, 3.8) is 0 Å². The van der Waals surface area contributed by atoms with E-state index in [1.165, 1.54) is 70.6 Å². The van der Waals surface area contributed by atoms with E-state index in [4.69, 9.17) is 15.3 Å². The second-order valence-electron chi connectivity index (χ2n) is 6.82. The quantitative estimate of drug-likeness (QED) is 0.259. The summed E-state index contributed by atoms with van der Waals surface area (Å²) in [5.41, 5.74) is 0. The van der Waals surface area contributed by atoms with Crippen LogP contribution in [0.15, 0.2) is 0 Å². The van der Waals surface area contributed by atoms with Gasteiger partial charge in [-0.2, -0.15) is 0 Å². The number of hydrogen-bond donors (Lipinski definition) is 3. The number of rotatable bonds is 17. The number of unbranched alkanes of at least 4 members (excludes halogenated alkanes) is 14. The largest absolute Gasteiger partial charge is 0.477 e. The van der Waals surface area contributed by atoms with Crippen LogP contribution in [0.5, 0.6) is 0 Å². The molecule has 138 valence electrons. The van der Waals surface area contributed by atoms with E-state index in [0.717, 1.165) is 19.3 Å². The van der Waals surface area contributed by atoms with Gasteiger partial charge in [0, 0.05) is 6.42 Å². The minimum Gasteiger partial charge on any atom is -0.477 e. The smallest absolute Gasteiger partial charge is 0.364 e. The van der Waals surface area contributed by atoms with Gasteiger partial charge in [0.15, 0.2) is 0 Å². The minimum atomic E-state index is -2.55. The minimum absolute atomic E-state index is 0.0827. The van der Waals surface area contributed by atoms with Gasteiger partial charge in [-0.15, -0.1) is 0 Å². The fourth-order valence-electron chi connectivity index (χ4n) is 2.85. The molecule has 0 saturated carbocycles. The van der Waals surface area contributed by atoms with Crippen LogP contribution in [0.2, 0.25) is 0 Å². The number of hydrogen-bond acceptors (Lipinski definition) is 3. The van der Waals surface area contributed by atoms with Crippen LogP contribution in [0.4, 0.5) is 0 Å². The van der Waals surface area contributed by atoms with E-state index in [2.05, 4.69) is 6.92 Å². The first-order valence-corrected chi connectivity index (χ1v) is 9.69. The first-order valence-electron chi connectivity index (χ1n) is 9.69. The van der Waals surface area contributed by atoms with Gasteiger partial charge in [-0.1, -0.05) is 96.8 Å².